The Labute approximate surface area is 116 Å². The average molecular weight is 269 g/mol. The fourth-order valence-corrected chi connectivity index (χ4v) is 1.99. The first-order chi connectivity index (χ1) is 9.86. The summed E-state index contributed by atoms with van der Waals surface area (Å²) in [5, 5.41) is 8.92. The van der Waals surface area contributed by atoms with Crippen molar-refractivity contribution in [2.24, 2.45) is 5.73 Å². The van der Waals surface area contributed by atoms with E-state index < -0.39 is 0 Å². The summed E-state index contributed by atoms with van der Waals surface area (Å²) in [6, 6.07) is 9.75. The Balaban J connectivity index is 1.68. The molecule has 0 aliphatic carbocycles. The minimum atomic E-state index is 0.399. The lowest BCUT2D eigenvalue weighted by Crippen LogP contribution is -2.09. The Morgan fingerprint density at radius 2 is 2.15 bits per heavy atom. The molecule has 3 rings (SSSR count). The van der Waals surface area contributed by atoms with E-state index in [2.05, 4.69) is 15.3 Å². The van der Waals surface area contributed by atoms with E-state index in [1.54, 1.807) is 10.9 Å². The van der Waals surface area contributed by atoms with Gasteiger partial charge in [-0.15, -0.1) is 5.10 Å². The Morgan fingerprint density at radius 1 is 1.20 bits per heavy atom. The maximum atomic E-state index is 5.81. The first-order valence-corrected chi connectivity index (χ1v) is 6.42. The van der Waals surface area contributed by atoms with Gasteiger partial charge in [-0.05, 0) is 24.3 Å². The van der Waals surface area contributed by atoms with E-state index in [1.165, 1.54) is 0 Å². The smallest absolute Gasteiger partial charge is 0.128 e. The molecule has 0 atom stereocenters. The normalized spacial score (nSPS) is 10.8. The van der Waals surface area contributed by atoms with E-state index in [1.807, 2.05) is 36.5 Å². The van der Waals surface area contributed by atoms with Crippen LogP contribution in [-0.2, 0) is 13.1 Å². The standard InChI is InChI=1S/C14H15N5O/c15-9-11-10-19(18-17-11)7-8-20-14-5-1-4-13-12(14)3-2-6-16-13/h1-6,10H,7-9,15H2. The quantitative estimate of drug-likeness (QED) is 0.756. The van der Waals surface area contributed by atoms with Crippen molar-refractivity contribution in [2.45, 2.75) is 13.1 Å². The van der Waals surface area contributed by atoms with Crippen molar-refractivity contribution in [3.63, 3.8) is 0 Å². The fourth-order valence-electron chi connectivity index (χ4n) is 1.99. The lowest BCUT2D eigenvalue weighted by Gasteiger charge is -2.08. The largest absolute Gasteiger partial charge is 0.491 e. The molecule has 0 spiro atoms. The van der Waals surface area contributed by atoms with Crippen LogP contribution in [0.1, 0.15) is 5.69 Å². The molecule has 0 aliphatic rings. The molecule has 0 radical (unpaired) electrons. The molecule has 0 bridgehead atoms. The topological polar surface area (TPSA) is 78.9 Å². The van der Waals surface area contributed by atoms with E-state index >= 15 is 0 Å². The SMILES string of the molecule is NCc1cn(CCOc2cccc3ncccc23)nn1. The minimum Gasteiger partial charge on any atom is -0.491 e. The van der Waals surface area contributed by atoms with Gasteiger partial charge in [-0.3, -0.25) is 4.98 Å². The molecule has 2 aromatic heterocycles. The fraction of sp³-hybridized carbons (Fsp3) is 0.214. The average Bonchev–Trinajstić information content (AvgIpc) is 2.95. The summed E-state index contributed by atoms with van der Waals surface area (Å²) in [4.78, 5) is 4.30. The van der Waals surface area contributed by atoms with Crippen LogP contribution in [0.3, 0.4) is 0 Å². The molecule has 2 N–H and O–H groups in total. The van der Waals surface area contributed by atoms with Crippen molar-refractivity contribution in [1.82, 2.24) is 20.0 Å². The first-order valence-electron chi connectivity index (χ1n) is 6.42. The molecule has 6 heteroatoms. The first kappa shape index (κ1) is 12.6. The number of pyridine rings is 1. The van der Waals surface area contributed by atoms with Crippen LogP contribution in [0, 0.1) is 0 Å². The van der Waals surface area contributed by atoms with Crippen LogP contribution < -0.4 is 10.5 Å². The number of nitrogens with two attached hydrogens (primary N) is 1. The Hall–Kier alpha value is -2.47. The van der Waals surface area contributed by atoms with Crippen molar-refractivity contribution in [1.29, 1.82) is 0 Å². The van der Waals surface area contributed by atoms with Gasteiger partial charge in [0.1, 0.15) is 12.4 Å². The van der Waals surface area contributed by atoms with Gasteiger partial charge in [0.05, 0.1) is 17.8 Å². The van der Waals surface area contributed by atoms with Crippen LogP contribution >= 0.6 is 0 Å². The van der Waals surface area contributed by atoms with E-state index in [-0.39, 0.29) is 0 Å². The van der Waals surface area contributed by atoms with Crippen LogP contribution in [0.2, 0.25) is 0 Å². The van der Waals surface area contributed by atoms with E-state index in [0.717, 1.165) is 22.3 Å². The Bertz CT molecular complexity index is 704. The van der Waals surface area contributed by atoms with E-state index in [0.29, 0.717) is 19.7 Å². The molecule has 102 valence electrons. The predicted molar refractivity (Wildman–Crippen MR) is 75.2 cm³/mol. The summed E-state index contributed by atoms with van der Waals surface area (Å²) < 4.78 is 7.53. The van der Waals surface area contributed by atoms with Gasteiger partial charge in [0, 0.05) is 24.3 Å². The minimum absolute atomic E-state index is 0.399. The Kier molecular flexibility index (Phi) is 3.56. The second kappa shape index (κ2) is 5.66. The number of rotatable bonds is 5. The molecule has 0 unspecified atom stereocenters. The number of ether oxygens (including phenoxy) is 1. The maximum absolute atomic E-state index is 5.81. The number of nitrogens with zero attached hydrogens (tertiary/aromatic N) is 4. The van der Waals surface area contributed by atoms with Crippen molar-refractivity contribution < 1.29 is 4.74 Å². The highest BCUT2D eigenvalue weighted by Crippen LogP contribution is 2.23. The highest BCUT2D eigenvalue weighted by molar-refractivity contribution is 5.84. The lowest BCUT2D eigenvalue weighted by atomic mass is 10.2. The predicted octanol–water partition coefficient (Wildman–Crippen LogP) is 1.36. The molecular weight excluding hydrogens is 254 g/mol. The third kappa shape index (κ3) is 2.60. The van der Waals surface area contributed by atoms with Gasteiger partial charge in [-0.25, -0.2) is 4.68 Å². The van der Waals surface area contributed by atoms with Crippen LogP contribution in [0.5, 0.6) is 5.75 Å². The summed E-state index contributed by atoms with van der Waals surface area (Å²) in [7, 11) is 0. The maximum Gasteiger partial charge on any atom is 0.128 e. The van der Waals surface area contributed by atoms with Gasteiger partial charge in [0.25, 0.3) is 0 Å². The van der Waals surface area contributed by atoms with Gasteiger partial charge in [-0.2, -0.15) is 0 Å². The van der Waals surface area contributed by atoms with Crippen molar-refractivity contribution in [2.75, 3.05) is 6.61 Å². The molecule has 0 fully saturated rings. The van der Waals surface area contributed by atoms with Gasteiger partial charge >= 0.3 is 0 Å². The second-order valence-corrected chi connectivity index (χ2v) is 4.35. The summed E-state index contributed by atoms with van der Waals surface area (Å²) in [6.07, 6.45) is 3.60. The van der Waals surface area contributed by atoms with Crippen LogP contribution in [0.15, 0.2) is 42.7 Å². The van der Waals surface area contributed by atoms with Gasteiger partial charge in [0.2, 0.25) is 0 Å². The molecule has 0 amide bonds. The number of hydrogen-bond donors (Lipinski definition) is 1. The molecule has 2 heterocycles. The highest BCUT2D eigenvalue weighted by atomic mass is 16.5. The zero-order valence-electron chi connectivity index (χ0n) is 10.9. The second-order valence-electron chi connectivity index (χ2n) is 4.35. The molecule has 1 aromatic carbocycles. The number of aromatic nitrogens is 4. The van der Waals surface area contributed by atoms with Gasteiger partial charge in [0.15, 0.2) is 0 Å². The van der Waals surface area contributed by atoms with Gasteiger partial charge < -0.3 is 10.5 Å². The third-order valence-electron chi connectivity index (χ3n) is 2.98. The highest BCUT2D eigenvalue weighted by Gasteiger charge is 2.03. The van der Waals surface area contributed by atoms with Crippen LogP contribution in [-0.4, -0.2) is 26.6 Å². The molecule has 0 saturated heterocycles. The van der Waals surface area contributed by atoms with Crippen molar-refractivity contribution in [3.8, 4) is 5.75 Å². The monoisotopic (exact) mass is 269 g/mol. The number of fused-ring (bicyclic) bond motifs is 1. The molecule has 0 saturated carbocycles. The zero-order valence-corrected chi connectivity index (χ0v) is 10.9. The Morgan fingerprint density at radius 3 is 3.00 bits per heavy atom. The summed E-state index contributed by atoms with van der Waals surface area (Å²) in [5.74, 6) is 0.828. The van der Waals surface area contributed by atoms with Crippen molar-refractivity contribution >= 4 is 10.9 Å². The molecular formula is C14H15N5O. The van der Waals surface area contributed by atoms with Gasteiger partial charge in [-0.1, -0.05) is 11.3 Å². The summed E-state index contributed by atoms with van der Waals surface area (Å²) in [6.45, 7) is 1.54. The molecule has 3 aromatic rings. The summed E-state index contributed by atoms with van der Waals surface area (Å²) >= 11 is 0. The molecule has 20 heavy (non-hydrogen) atoms. The summed E-state index contributed by atoms with van der Waals surface area (Å²) in [5.41, 5.74) is 7.20. The molecule has 0 aliphatic heterocycles. The number of hydrogen-bond acceptors (Lipinski definition) is 5. The van der Waals surface area contributed by atoms with Crippen molar-refractivity contribution in [3.05, 3.63) is 48.4 Å². The number of benzene rings is 1. The lowest BCUT2D eigenvalue weighted by molar-refractivity contribution is 0.293. The van der Waals surface area contributed by atoms with Crippen LogP contribution in [0.4, 0.5) is 0 Å². The van der Waals surface area contributed by atoms with E-state index in [9.17, 15) is 0 Å². The van der Waals surface area contributed by atoms with Crippen LogP contribution in [0.25, 0.3) is 10.9 Å². The van der Waals surface area contributed by atoms with E-state index in [4.69, 9.17) is 10.5 Å². The zero-order chi connectivity index (χ0) is 13.8. The third-order valence-corrected chi connectivity index (χ3v) is 2.98. The molecule has 6 nitrogen and oxygen atoms in total.